The third-order valence-corrected chi connectivity index (χ3v) is 2.86. The van der Waals surface area contributed by atoms with Gasteiger partial charge in [-0.1, -0.05) is 6.07 Å². The van der Waals surface area contributed by atoms with E-state index in [0.29, 0.717) is 5.69 Å². The molecule has 1 heterocycles. The van der Waals surface area contributed by atoms with E-state index in [0.717, 1.165) is 30.8 Å². The fraction of sp³-hybridized carbons (Fsp3) is 0.455. The van der Waals surface area contributed by atoms with Crippen molar-refractivity contribution in [2.45, 2.75) is 13.0 Å². The van der Waals surface area contributed by atoms with Crippen LogP contribution < -0.4 is 16.4 Å². The van der Waals surface area contributed by atoms with Crippen molar-refractivity contribution < 1.29 is 5.11 Å². The van der Waals surface area contributed by atoms with E-state index >= 15 is 0 Å². The zero-order valence-electron chi connectivity index (χ0n) is 8.88. The standard InChI is InChI=1S/C11H17N3O/c1-7-2-3-8(12)11(15)10(7)9-6-13-4-5-14-9/h2-3,9,13-15H,4-6,12H2,1H3/t9-/m1/s1. The normalized spacial score (nSPS) is 21.5. The molecule has 0 unspecified atom stereocenters. The second-order valence-electron chi connectivity index (χ2n) is 3.94. The molecule has 1 fully saturated rings. The Labute approximate surface area is 89.5 Å². The molecule has 82 valence electrons. The average Bonchev–Trinajstić information content (AvgIpc) is 2.26. The highest BCUT2D eigenvalue weighted by Gasteiger charge is 2.20. The number of nitrogens with one attached hydrogen (secondary N) is 2. The van der Waals surface area contributed by atoms with Crippen molar-refractivity contribution >= 4 is 5.69 Å². The van der Waals surface area contributed by atoms with Crippen LogP contribution in [-0.4, -0.2) is 24.7 Å². The summed E-state index contributed by atoms with van der Waals surface area (Å²) in [5.41, 5.74) is 8.14. The van der Waals surface area contributed by atoms with E-state index in [1.165, 1.54) is 0 Å². The van der Waals surface area contributed by atoms with Crippen LogP contribution in [0.2, 0.25) is 0 Å². The van der Waals surface area contributed by atoms with Gasteiger partial charge in [-0.3, -0.25) is 0 Å². The van der Waals surface area contributed by atoms with Gasteiger partial charge in [-0.25, -0.2) is 0 Å². The number of anilines is 1. The first-order valence-corrected chi connectivity index (χ1v) is 5.22. The Hall–Kier alpha value is -1.26. The number of rotatable bonds is 1. The van der Waals surface area contributed by atoms with Gasteiger partial charge in [-0.15, -0.1) is 0 Å². The van der Waals surface area contributed by atoms with Crippen LogP contribution in [0, 0.1) is 6.92 Å². The van der Waals surface area contributed by atoms with Crippen molar-refractivity contribution in [2.75, 3.05) is 25.4 Å². The Balaban J connectivity index is 2.36. The van der Waals surface area contributed by atoms with Crippen LogP contribution in [0.5, 0.6) is 5.75 Å². The number of aromatic hydroxyl groups is 1. The highest BCUT2D eigenvalue weighted by atomic mass is 16.3. The summed E-state index contributed by atoms with van der Waals surface area (Å²) >= 11 is 0. The van der Waals surface area contributed by atoms with Gasteiger partial charge < -0.3 is 21.5 Å². The Morgan fingerprint density at radius 2 is 2.20 bits per heavy atom. The number of piperazine rings is 1. The van der Waals surface area contributed by atoms with Crippen LogP contribution >= 0.6 is 0 Å². The van der Waals surface area contributed by atoms with Gasteiger partial charge in [0.2, 0.25) is 0 Å². The van der Waals surface area contributed by atoms with Crippen molar-refractivity contribution in [1.82, 2.24) is 10.6 Å². The summed E-state index contributed by atoms with van der Waals surface area (Å²) in [6.07, 6.45) is 0. The zero-order chi connectivity index (χ0) is 10.8. The summed E-state index contributed by atoms with van der Waals surface area (Å²) in [4.78, 5) is 0. The van der Waals surface area contributed by atoms with Crippen molar-refractivity contribution in [1.29, 1.82) is 0 Å². The van der Waals surface area contributed by atoms with Crippen LogP contribution in [-0.2, 0) is 0 Å². The van der Waals surface area contributed by atoms with E-state index in [9.17, 15) is 5.11 Å². The third kappa shape index (κ3) is 1.91. The molecule has 5 N–H and O–H groups in total. The van der Waals surface area contributed by atoms with E-state index in [1.54, 1.807) is 6.07 Å². The van der Waals surface area contributed by atoms with Gasteiger partial charge in [0.05, 0.1) is 5.69 Å². The molecule has 2 rings (SSSR count). The number of nitrogens with two attached hydrogens (primary N) is 1. The Morgan fingerprint density at radius 3 is 2.87 bits per heavy atom. The summed E-state index contributed by atoms with van der Waals surface area (Å²) in [7, 11) is 0. The molecule has 4 nitrogen and oxygen atoms in total. The molecule has 0 saturated carbocycles. The van der Waals surface area contributed by atoms with Crippen LogP contribution in [0.4, 0.5) is 5.69 Å². The molecule has 4 heteroatoms. The first kappa shape index (κ1) is 10.3. The number of benzene rings is 1. The Morgan fingerprint density at radius 1 is 1.40 bits per heavy atom. The number of hydrogen-bond acceptors (Lipinski definition) is 4. The molecular weight excluding hydrogens is 190 g/mol. The lowest BCUT2D eigenvalue weighted by atomic mass is 9.98. The fourth-order valence-corrected chi connectivity index (χ4v) is 2.02. The maximum Gasteiger partial charge on any atom is 0.143 e. The highest BCUT2D eigenvalue weighted by molar-refractivity contribution is 5.59. The van der Waals surface area contributed by atoms with Crippen LogP contribution in [0.15, 0.2) is 12.1 Å². The van der Waals surface area contributed by atoms with Crippen molar-refractivity contribution in [3.63, 3.8) is 0 Å². The minimum absolute atomic E-state index is 0.155. The van der Waals surface area contributed by atoms with E-state index in [2.05, 4.69) is 10.6 Å². The van der Waals surface area contributed by atoms with Gasteiger partial charge in [-0.05, 0) is 18.6 Å². The summed E-state index contributed by atoms with van der Waals surface area (Å²) < 4.78 is 0. The Kier molecular flexibility index (Phi) is 2.79. The smallest absolute Gasteiger partial charge is 0.143 e. The average molecular weight is 207 g/mol. The number of phenols is 1. The van der Waals surface area contributed by atoms with Crippen LogP contribution in [0.1, 0.15) is 17.2 Å². The molecular formula is C11H17N3O. The van der Waals surface area contributed by atoms with Gasteiger partial charge in [0.25, 0.3) is 0 Å². The second-order valence-corrected chi connectivity index (χ2v) is 3.94. The van der Waals surface area contributed by atoms with Crippen LogP contribution in [0.3, 0.4) is 0 Å². The van der Waals surface area contributed by atoms with Crippen molar-refractivity contribution in [3.8, 4) is 5.75 Å². The number of aryl methyl sites for hydroxylation is 1. The summed E-state index contributed by atoms with van der Waals surface area (Å²) in [5.74, 6) is 0.219. The van der Waals surface area contributed by atoms with E-state index in [4.69, 9.17) is 5.73 Å². The minimum Gasteiger partial charge on any atom is -0.505 e. The highest BCUT2D eigenvalue weighted by Crippen LogP contribution is 2.32. The fourth-order valence-electron chi connectivity index (χ4n) is 2.02. The molecule has 1 atom stereocenters. The number of hydrogen-bond donors (Lipinski definition) is 4. The summed E-state index contributed by atoms with van der Waals surface area (Å²) in [6, 6.07) is 3.84. The summed E-state index contributed by atoms with van der Waals surface area (Å²) in [5, 5.41) is 16.6. The van der Waals surface area contributed by atoms with E-state index in [-0.39, 0.29) is 11.8 Å². The lowest BCUT2D eigenvalue weighted by molar-refractivity contribution is 0.404. The minimum atomic E-state index is 0.155. The van der Waals surface area contributed by atoms with Crippen molar-refractivity contribution in [2.24, 2.45) is 0 Å². The van der Waals surface area contributed by atoms with Gasteiger partial charge >= 0.3 is 0 Å². The number of nitrogen functional groups attached to an aromatic ring is 1. The molecule has 1 aliphatic rings. The quantitative estimate of drug-likeness (QED) is 0.400. The van der Waals surface area contributed by atoms with Gasteiger partial charge in [0, 0.05) is 31.2 Å². The molecule has 0 bridgehead atoms. The van der Waals surface area contributed by atoms with Gasteiger partial charge in [-0.2, -0.15) is 0 Å². The molecule has 0 radical (unpaired) electrons. The predicted molar refractivity (Wildman–Crippen MR) is 60.9 cm³/mol. The van der Waals surface area contributed by atoms with Gasteiger partial charge in [0.1, 0.15) is 5.75 Å². The van der Waals surface area contributed by atoms with Crippen LogP contribution in [0.25, 0.3) is 0 Å². The molecule has 1 saturated heterocycles. The third-order valence-electron chi connectivity index (χ3n) is 2.86. The largest absolute Gasteiger partial charge is 0.505 e. The monoisotopic (exact) mass is 207 g/mol. The Bertz CT molecular complexity index is 359. The van der Waals surface area contributed by atoms with Gasteiger partial charge in [0.15, 0.2) is 0 Å². The first-order chi connectivity index (χ1) is 7.20. The molecule has 1 aromatic carbocycles. The SMILES string of the molecule is Cc1ccc(N)c(O)c1[C@H]1CNCCN1. The molecule has 0 aliphatic carbocycles. The van der Waals surface area contributed by atoms with Crippen molar-refractivity contribution in [3.05, 3.63) is 23.3 Å². The molecule has 0 amide bonds. The first-order valence-electron chi connectivity index (χ1n) is 5.22. The molecule has 15 heavy (non-hydrogen) atoms. The lowest BCUT2D eigenvalue weighted by Crippen LogP contribution is -2.42. The van der Waals surface area contributed by atoms with E-state index < -0.39 is 0 Å². The molecule has 1 aliphatic heterocycles. The molecule has 1 aromatic rings. The number of phenolic OH excluding ortho intramolecular Hbond substituents is 1. The maximum atomic E-state index is 9.94. The lowest BCUT2D eigenvalue weighted by Gasteiger charge is -2.27. The molecule has 0 spiro atoms. The van der Waals surface area contributed by atoms with E-state index in [1.807, 2.05) is 13.0 Å². The zero-order valence-corrected chi connectivity index (χ0v) is 8.88. The summed E-state index contributed by atoms with van der Waals surface area (Å²) in [6.45, 7) is 4.71. The maximum absolute atomic E-state index is 9.94. The second kappa shape index (κ2) is 4.08. The topological polar surface area (TPSA) is 70.3 Å². The molecule has 0 aromatic heterocycles. The predicted octanol–water partition coefficient (Wildman–Crippen LogP) is 0.517.